The molecule has 20 heteroatoms. The molecule has 6 N–H and O–H groups in total. The van der Waals surface area contributed by atoms with Crippen LogP contribution in [-0.4, -0.2) is 82.3 Å². The van der Waals surface area contributed by atoms with Crippen molar-refractivity contribution in [3.8, 4) is 17.2 Å². The number of hydrogen-bond donors (Lipinski definition) is 6. The summed E-state index contributed by atoms with van der Waals surface area (Å²) in [6, 6.07) is 15.3. The van der Waals surface area contributed by atoms with Gasteiger partial charge in [-0.05, 0) is 53.9 Å². The molecule has 0 aliphatic rings. The normalized spacial score (nSPS) is 11.5. The highest BCUT2D eigenvalue weighted by Gasteiger charge is 2.27. The van der Waals surface area contributed by atoms with E-state index in [1.807, 2.05) is 0 Å². The number of rotatable bonds is 12. The number of aromatic hydroxyl groups is 2. The highest BCUT2D eigenvalue weighted by atomic mass is 35.5. The van der Waals surface area contributed by atoms with Crippen molar-refractivity contribution in [3.63, 3.8) is 0 Å². The number of halogens is 3. The Bertz CT molecular complexity index is 2630. The van der Waals surface area contributed by atoms with Crippen molar-refractivity contribution in [2.75, 3.05) is 13.7 Å². The summed E-state index contributed by atoms with van der Waals surface area (Å²) in [5, 5.41) is 44.2. The molecule has 0 spiro atoms. The van der Waals surface area contributed by atoms with Gasteiger partial charge in [-0.25, -0.2) is 14.2 Å². The highest BCUT2D eigenvalue weighted by molar-refractivity contribution is 6.31. The van der Waals surface area contributed by atoms with E-state index in [4.69, 9.17) is 49.8 Å². The molecule has 0 radical (unpaired) electrons. The van der Waals surface area contributed by atoms with Gasteiger partial charge in [0.05, 0.1) is 30.2 Å². The Hall–Kier alpha value is -6.43. The molecule has 2 amide bonds. The molecule has 4 heterocycles. The Balaban J connectivity index is 0.000000218. The second-order valence-electron chi connectivity index (χ2n) is 12.3. The van der Waals surface area contributed by atoms with Crippen molar-refractivity contribution in [2.24, 2.45) is 0 Å². The summed E-state index contributed by atoms with van der Waals surface area (Å²) in [6.45, 7) is 1.02. The van der Waals surface area contributed by atoms with Crippen LogP contribution in [0.5, 0.6) is 17.2 Å². The molecule has 0 aliphatic carbocycles. The Morgan fingerprint density at radius 1 is 0.719 bits per heavy atom. The van der Waals surface area contributed by atoms with Crippen LogP contribution in [0.25, 0.3) is 11.0 Å². The standard InChI is InChI=1S/C19H17Cl2N3O5.C18H16ClN3O6/c1-2-13(19(28)29)22-17(26)15-16(25)14-7-12(21)9-23(14)24(18(15)27)8-10-3-5-11(20)6-4-10;1-28-12-4-2-10(3-5-12)8-22-18(27)15(17(26)20-7-14(23)24)16(25)13-6-11(19)9-21(13)22/h3-7,9,13,25H,2,8H2,1H3,(H,22,26)(H,28,29);2-6,9,25H,7-8H2,1H3,(H,20,26)(H,23,24). The van der Waals surface area contributed by atoms with Crippen LogP contribution in [0.4, 0.5) is 0 Å². The maximum Gasteiger partial charge on any atom is 0.326 e. The summed E-state index contributed by atoms with van der Waals surface area (Å²) in [5.74, 6) is -5.01. The van der Waals surface area contributed by atoms with Crippen LogP contribution in [-0.2, 0) is 22.7 Å². The van der Waals surface area contributed by atoms with Gasteiger partial charge < -0.3 is 35.8 Å². The molecule has 1 unspecified atom stereocenters. The van der Waals surface area contributed by atoms with Crippen LogP contribution < -0.4 is 26.5 Å². The predicted molar refractivity (Wildman–Crippen MR) is 208 cm³/mol. The van der Waals surface area contributed by atoms with Crippen LogP contribution in [0.3, 0.4) is 0 Å². The molecular weight excluding hydrogens is 811 g/mol. The van der Waals surface area contributed by atoms with Crippen molar-refractivity contribution in [1.29, 1.82) is 0 Å². The minimum absolute atomic E-state index is 0.0637. The van der Waals surface area contributed by atoms with Gasteiger partial charge in [0.25, 0.3) is 22.9 Å². The van der Waals surface area contributed by atoms with Crippen molar-refractivity contribution >= 4 is 69.6 Å². The van der Waals surface area contributed by atoms with Gasteiger partial charge >= 0.3 is 11.9 Å². The highest BCUT2D eigenvalue weighted by Crippen LogP contribution is 2.27. The third kappa shape index (κ3) is 9.18. The minimum atomic E-state index is -1.28. The zero-order valence-electron chi connectivity index (χ0n) is 29.9. The number of ether oxygens (including phenoxy) is 1. The number of hydrogen-bond acceptors (Lipinski definition) is 9. The number of amides is 2. The average molecular weight is 844 g/mol. The molecule has 6 aromatic rings. The van der Waals surface area contributed by atoms with E-state index in [1.165, 1.54) is 50.0 Å². The minimum Gasteiger partial charge on any atom is -0.505 e. The number of fused-ring (bicyclic) bond motifs is 2. The van der Waals surface area contributed by atoms with Gasteiger partial charge in [0.15, 0.2) is 11.5 Å². The second kappa shape index (κ2) is 17.6. The number of methoxy groups -OCH3 is 1. The second-order valence-corrected chi connectivity index (χ2v) is 13.6. The SMILES string of the molecule is CCC(NC(=O)c1c(O)c2cc(Cl)cn2n(Cc2ccc(Cl)cc2)c1=O)C(=O)O.COc1ccc(Cn2c(=O)c(C(=O)NCC(=O)O)c(O)c3cc(Cl)cn32)cc1. The fourth-order valence-electron chi connectivity index (χ4n) is 5.69. The summed E-state index contributed by atoms with van der Waals surface area (Å²) in [4.78, 5) is 72.9. The Morgan fingerprint density at radius 2 is 1.18 bits per heavy atom. The van der Waals surface area contributed by atoms with E-state index in [2.05, 4.69) is 10.6 Å². The van der Waals surface area contributed by atoms with E-state index >= 15 is 0 Å². The summed E-state index contributed by atoms with van der Waals surface area (Å²) >= 11 is 17.9. The van der Waals surface area contributed by atoms with Crippen LogP contribution in [0, 0.1) is 0 Å². The van der Waals surface area contributed by atoms with Crippen LogP contribution in [0.1, 0.15) is 45.2 Å². The molecule has 1 atom stereocenters. The number of aromatic nitrogens is 4. The van der Waals surface area contributed by atoms with E-state index in [-0.39, 0.29) is 40.6 Å². The van der Waals surface area contributed by atoms with Crippen molar-refractivity contribution < 1.29 is 44.3 Å². The Labute approximate surface area is 336 Å². The van der Waals surface area contributed by atoms with Gasteiger partial charge in [-0.15, -0.1) is 0 Å². The molecule has 2 aromatic carbocycles. The van der Waals surface area contributed by atoms with Gasteiger partial charge in [-0.1, -0.05) is 66.0 Å². The maximum absolute atomic E-state index is 13.1. The monoisotopic (exact) mass is 842 g/mol. The first-order chi connectivity index (χ1) is 27.0. The fourth-order valence-corrected chi connectivity index (χ4v) is 6.21. The molecule has 6 rings (SSSR count). The molecule has 0 saturated carbocycles. The summed E-state index contributed by atoms with van der Waals surface area (Å²) in [7, 11) is 1.53. The fraction of sp³-hybridized carbons (Fsp3) is 0.189. The lowest BCUT2D eigenvalue weighted by Gasteiger charge is -2.16. The molecule has 0 saturated heterocycles. The lowest BCUT2D eigenvalue weighted by Crippen LogP contribution is -2.43. The third-order valence-corrected chi connectivity index (χ3v) is 9.18. The lowest BCUT2D eigenvalue weighted by atomic mass is 10.1. The van der Waals surface area contributed by atoms with E-state index in [1.54, 1.807) is 55.5 Å². The van der Waals surface area contributed by atoms with Gasteiger partial charge in [-0.3, -0.25) is 33.0 Å². The first-order valence-corrected chi connectivity index (χ1v) is 17.9. The largest absolute Gasteiger partial charge is 0.505 e. The molecule has 57 heavy (non-hydrogen) atoms. The number of nitrogens with one attached hydrogen (secondary N) is 2. The zero-order chi connectivity index (χ0) is 41.7. The van der Waals surface area contributed by atoms with E-state index < -0.39 is 70.1 Å². The third-order valence-electron chi connectivity index (χ3n) is 8.51. The summed E-state index contributed by atoms with van der Waals surface area (Å²) in [6.07, 6.45) is 2.97. The number of nitrogens with zero attached hydrogens (tertiary/aromatic N) is 4. The van der Waals surface area contributed by atoms with E-state index in [0.29, 0.717) is 10.8 Å². The number of carboxylic acids is 2. The van der Waals surface area contributed by atoms with Crippen molar-refractivity contribution in [1.82, 2.24) is 29.0 Å². The molecule has 0 bridgehead atoms. The average Bonchev–Trinajstić information content (AvgIpc) is 3.77. The lowest BCUT2D eigenvalue weighted by molar-refractivity contribution is -0.139. The molecular formula is C37H33Cl3N6O11. The summed E-state index contributed by atoms with van der Waals surface area (Å²) in [5.41, 5.74) is -0.979. The smallest absolute Gasteiger partial charge is 0.326 e. The molecule has 0 aliphatic heterocycles. The van der Waals surface area contributed by atoms with E-state index in [0.717, 1.165) is 11.1 Å². The molecule has 17 nitrogen and oxygen atoms in total. The van der Waals surface area contributed by atoms with Crippen LogP contribution in [0.2, 0.25) is 15.1 Å². The zero-order valence-corrected chi connectivity index (χ0v) is 32.2. The van der Waals surface area contributed by atoms with Crippen LogP contribution in [0.15, 0.2) is 82.6 Å². The van der Waals surface area contributed by atoms with Gasteiger partial charge in [0.1, 0.15) is 40.5 Å². The van der Waals surface area contributed by atoms with Crippen LogP contribution >= 0.6 is 34.8 Å². The van der Waals surface area contributed by atoms with Gasteiger partial charge in [0, 0.05) is 17.4 Å². The number of aliphatic carboxylic acids is 2. The Kier molecular flexibility index (Phi) is 12.9. The van der Waals surface area contributed by atoms with Crippen molar-refractivity contribution in [2.45, 2.75) is 32.5 Å². The Morgan fingerprint density at radius 3 is 1.60 bits per heavy atom. The number of carbonyl (C=O) groups is 4. The predicted octanol–water partition coefficient (Wildman–Crippen LogP) is 4.09. The first kappa shape index (κ1) is 41.7. The first-order valence-electron chi connectivity index (χ1n) is 16.7. The van der Waals surface area contributed by atoms with E-state index in [9.17, 15) is 39.0 Å². The summed E-state index contributed by atoms with van der Waals surface area (Å²) < 4.78 is 10.2. The van der Waals surface area contributed by atoms with Gasteiger partial charge in [-0.2, -0.15) is 0 Å². The maximum atomic E-state index is 13.1. The quantitative estimate of drug-likeness (QED) is 0.103. The van der Waals surface area contributed by atoms with Crippen molar-refractivity contribution in [3.05, 3.63) is 131 Å². The topological polar surface area (TPSA) is 235 Å². The number of carboxylic acid groups (broad SMARTS) is 2. The molecule has 4 aromatic heterocycles. The number of benzene rings is 2. The molecule has 0 fully saturated rings. The molecule has 298 valence electrons. The van der Waals surface area contributed by atoms with Gasteiger partial charge in [0.2, 0.25) is 0 Å². The number of carbonyl (C=O) groups excluding carboxylic acids is 2.